The number of thiazole rings is 1. The number of aromatic nitrogens is 1. The minimum Gasteiger partial charge on any atom is -0.378 e. The lowest BCUT2D eigenvalue weighted by Crippen LogP contribution is -2.30. The van der Waals surface area contributed by atoms with Crippen molar-refractivity contribution in [2.24, 2.45) is 0 Å². The third kappa shape index (κ3) is 5.63. The molecule has 2 aromatic carbocycles. The lowest BCUT2D eigenvalue weighted by molar-refractivity contribution is 0.0977. The van der Waals surface area contributed by atoms with Crippen LogP contribution in [0.1, 0.15) is 26.5 Å². The van der Waals surface area contributed by atoms with Crippen LogP contribution in [0.5, 0.6) is 0 Å². The van der Waals surface area contributed by atoms with Crippen LogP contribution in [0.15, 0.2) is 48.5 Å². The van der Waals surface area contributed by atoms with E-state index in [9.17, 15) is 13.2 Å². The van der Waals surface area contributed by atoms with Crippen LogP contribution < -0.4 is 14.5 Å². The highest BCUT2D eigenvalue weighted by molar-refractivity contribution is 7.89. The maximum absolute atomic E-state index is 12.4. The Morgan fingerprint density at radius 2 is 1.84 bits per heavy atom. The van der Waals surface area contributed by atoms with Crippen molar-refractivity contribution >= 4 is 43.8 Å². The number of carbonyl (C=O) groups is 1. The molecule has 166 valence electrons. The Labute approximate surface area is 191 Å². The quantitative estimate of drug-likeness (QED) is 0.565. The van der Waals surface area contributed by atoms with Gasteiger partial charge in [0.1, 0.15) is 5.69 Å². The van der Waals surface area contributed by atoms with Gasteiger partial charge in [0, 0.05) is 30.3 Å². The number of amides is 1. The molecular formula is C22H23N5O3S2. The summed E-state index contributed by atoms with van der Waals surface area (Å²) in [6, 6.07) is 17.2. The summed E-state index contributed by atoms with van der Waals surface area (Å²) in [5.41, 5.74) is 3.47. The summed E-state index contributed by atoms with van der Waals surface area (Å²) >= 11 is 1.30. The predicted octanol–water partition coefficient (Wildman–Crippen LogP) is 3.42. The van der Waals surface area contributed by atoms with Gasteiger partial charge in [-0.15, -0.1) is 11.3 Å². The van der Waals surface area contributed by atoms with Crippen molar-refractivity contribution in [2.75, 3.05) is 30.2 Å². The number of hydrogen-bond acceptors (Lipinski definition) is 8. The molecule has 32 heavy (non-hydrogen) atoms. The van der Waals surface area contributed by atoms with E-state index in [-0.39, 0.29) is 5.69 Å². The number of aryl methyl sites for hydroxylation is 1. The molecule has 1 heterocycles. The van der Waals surface area contributed by atoms with Crippen molar-refractivity contribution in [2.45, 2.75) is 13.5 Å². The topological polar surface area (TPSA) is 106 Å². The summed E-state index contributed by atoms with van der Waals surface area (Å²) in [6.45, 7) is 2.19. The smallest absolute Gasteiger partial charge is 0.284 e. The summed E-state index contributed by atoms with van der Waals surface area (Å²) in [7, 11) is 0.229. The monoisotopic (exact) mass is 469 g/mol. The summed E-state index contributed by atoms with van der Waals surface area (Å²) in [5, 5.41) is 9.67. The highest BCUT2D eigenvalue weighted by Gasteiger charge is 2.22. The van der Waals surface area contributed by atoms with Gasteiger partial charge >= 0.3 is 0 Å². The summed E-state index contributed by atoms with van der Waals surface area (Å²) in [5.74, 6) is -0.762. The second-order valence-electron chi connectivity index (χ2n) is 7.41. The first-order valence-electron chi connectivity index (χ1n) is 9.61. The average Bonchev–Trinajstić information content (AvgIpc) is 3.12. The molecule has 0 saturated heterocycles. The molecule has 1 amide bonds. The van der Waals surface area contributed by atoms with Crippen molar-refractivity contribution in [3.8, 4) is 6.07 Å². The van der Waals surface area contributed by atoms with Crippen LogP contribution in [-0.2, 0) is 16.6 Å². The van der Waals surface area contributed by atoms with E-state index in [1.165, 1.54) is 11.3 Å². The molecule has 0 unspecified atom stereocenters. The van der Waals surface area contributed by atoms with Crippen LogP contribution in [0.4, 0.5) is 16.5 Å². The number of rotatable bonds is 7. The second kappa shape index (κ2) is 9.38. The zero-order chi connectivity index (χ0) is 23.5. The molecule has 0 aliphatic carbocycles. The van der Waals surface area contributed by atoms with Crippen LogP contribution in [0.25, 0.3) is 0 Å². The molecule has 1 aromatic heterocycles. The van der Waals surface area contributed by atoms with Gasteiger partial charge in [0.2, 0.25) is 10.0 Å². The second-order valence-corrected chi connectivity index (χ2v) is 10.3. The number of anilines is 3. The summed E-state index contributed by atoms with van der Waals surface area (Å²) < 4.78 is 24.9. The van der Waals surface area contributed by atoms with Gasteiger partial charge < -0.3 is 9.80 Å². The van der Waals surface area contributed by atoms with E-state index in [0.717, 1.165) is 23.2 Å². The Hall–Kier alpha value is -3.42. The van der Waals surface area contributed by atoms with Gasteiger partial charge in [0.15, 0.2) is 5.13 Å². The first kappa shape index (κ1) is 23.2. The van der Waals surface area contributed by atoms with Crippen molar-refractivity contribution in [1.82, 2.24) is 9.71 Å². The minimum absolute atomic E-state index is 0.0658. The molecule has 0 spiro atoms. The molecule has 0 radical (unpaired) electrons. The van der Waals surface area contributed by atoms with Gasteiger partial charge in [-0.3, -0.25) is 4.79 Å². The van der Waals surface area contributed by atoms with Crippen LogP contribution in [0, 0.1) is 18.3 Å². The molecule has 0 aliphatic heterocycles. The third-order valence-corrected chi connectivity index (χ3v) is 6.14. The zero-order valence-electron chi connectivity index (χ0n) is 18.2. The number of carbonyl (C=O) groups excluding carboxylic acids is 1. The summed E-state index contributed by atoms with van der Waals surface area (Å²) in [4.78, 5) is 21.4. The Bertz CT molecular complexity index is 1280. The number of hydrogen-bond donors (Lipinski definition) is 1. The van der Waals surface area contributed by atoms with E-state index in [4.69, 9.17) is 5.26 Å². The van der Waals surface area contributed by atoms with E-state index >= 15 is 0 Å². The molecule has 0 bridgehead atoms. The van der Waals surface area contributed by atoms with Gasteiger partial charge in [-0.2, -0.15) is 5.26 Å². The average molecular weight is 470 g/mol. The first-order valence-corrected chi connectivity index (χ1v) is 12.3. The van der Waals surface area contributed by atoms with Gasteiger partial charge in [-0.1, -0.05) is 12.1 Å². The highest BCUT2D eigenvalue weighted by Crippen LogP contribution is 2.33. The molecule has 8 nitrogen and oxygen atoms in total. The predicted molar refractivity (Wildman–Crippen MR) is 127 cm³/mol. The van der Waals surface area contributed by atoms with Gasteiger partial charge in [0.05, 0.1) is 24.4 Å². The Kier molecular flexibility index (Phi) is 6.81. The fraction of sp³-hybridized carbons (Fsp3) is 0.227. The molecule has 1 N–H and O–H groups in total. The van der Waals surface area contributed by atoms with Gasteiger partial charge in [0.25, 0.3) is 5.91 Å². The number of nitrogens with one attached hydrogen (secondary N) is 1. The van der Waals surface area contributed by atoms with E-state index in [0.29, 0.717) is 22.1 Å². The van der Waals surface area contributed by atoms with Crippen LogP contribution in [-0.4, -0.2) is 39.7 Å². The van der Waals surface area contributed by atoms with Crippen molar-refractivity contribution < 1.29 is 13.2 Å². The molecular weight excluding hydrogens is 446 g/mol. The van der Waals surface area contributed by atoms with Gasteiger partial charge in [-0.25, -0.2) is 18.1 Å². The van der Waals surface area contributed by atoms with Crippen molar-refractivity contribution in [1.29, 1.82) is 5.26 Å². The number of nitriles is 1. The van der Waals surface area contributed by atoms with Crippen LogP contribution in [0.3, 0.4) is 0 Å². The molecule has 3 rings (SSSR count). The van der Waals surface area contributed by atoms with E-state index in [2.05, 4.69) is 17.1 Å². The number of benzene rings is 2. The number of sulfonamides is 1. The Morgan fingerprint density at radius 3 is 2.44 bits per heavy atom. The van der Waals surface area contributed by atoms with E-state index in [1.807, 2.05) is 58.9 Å². The van der Waals surface area contributed by atoms with Crippen LogP contribution in [0.2, 0.25) is 0 Å². The molecule has 0 fully saturated rings. The lowest BCUT2D eigenvalue weighted by atomic mass is 10.1. The highest BCUT2D eigenvalue weighted by atomic mass is 32.2. The molecule has 3 aromatic rings. The molecule has 0 aliphatic rings. The zero-order valence-corrected chi connectivity index (χ0v) is 19.8. The fourth-order valence-corrected chi connectivity index (χ4v) is 4.39. The SMILES string of the molecule is Cc1sc(N(Cc2cccc(N(C)C)c2)c2ccc(C#N)cc2)nc1C(=O)NS(C)(=O)=O. The maximum Gasteiger partial charge on any atom is 0.284 e. The van der Waals surface area contributed by atoms with Crippen molar-refractivity contribution in [3.63, 3.8) is 0 Å². The Morgan fingerprint density at radius 1 is 1.16 bits per heavy atom. The first-order chi connectivity index (χ1) is 15.1. The van der Waals surface area contributed by atoms with E-state index < -0.39 is 15.9 Å². The fourth-order valence-electron chi connectivity index (χ4n) is 3.03. The molecule has 0 saturated carbocycles. The van der Waals surface area contributed by atoms with E-state index in [1.54, 1.807) is 19.1 Å². The maximum atomic E-state index is 12.4. The van der Waals surface area contributed by atoms with Gasteiger partial charge in [-0.05, 0) is 48.9 Å². The molecule has 0 atom stereocenters. The summed E-state index contributed by atoms with van der Waals surface area (Å²) in [6.07, 6.45) is 0.925. The Balaban J connectivity index is 2.03. The van der Waals surface area contributed by atoms with Crippen molar-refractivity contribution in [3.05, 3.63) is 70.2 Å². The normalized spacial score (nSPS) is 11.0. The largest absolute Gasteiger partial charge is 0.378 e. The van der Waals surface area contributed by atoms with Crippen LogP contribution >= 0.6 is 11.3 Å². The minimum atomic E-state index is -3.70. The third-order valence-electron chi connectivity index (χ3n) is 4.59. The standard InChI is InChI=1S/C22H23N5O3S2/c1-15-20(21(28)25-32(4,29)30)24-22(31-15)27(18-10-8-16(13-23)9-11-18)14-17-6-5-7-19(12-17)26(2)3/h5-12H,14H2,1-4H3,(H,25,28). The molecule has 10 heteroatoms. The lowest BCUT2D eigenvalue weighted by Gasteiger charge is -2.23. The number of nitrogens with zero attached hydrogens (tertiary/aromatic N) is 4.